The second-order valence-corrected chi connectivity index (χ2v) is 6.11. The number of rotatable bonds is 5. The fraction of sp³-hybridized carbons (Fsp3) is 0.200. The number of aromatic amines is 1. The van der Waals surface area contributed by atoms with Gasteiger partial charge < -0.3 is 4.74 Å². The normalized spacial score (nSPS) is 10.9. The number of H-pyrrole nitrogens is 1. The number of halogens is 1. The third kappa shape index (κ3) is 3.29. The number of benzene rings is 1. The van der Waals surface area contributed by atoms with Gasteiger partial charge in [0.2, 0.25) is 0 Å². The van der Waals surface area contributed by atoms with Crippen molar-refractivity contribution in [2.45, 2.75) is 17.8 Å². The molecule has 0 atom stereocenters. The van der Waals surface area contributed by atoms with Gasteiger partial charge in [-0.1, -0.05) is 41.6 Å². The lowest BCUT2D eigenvalue weighted by Crippen LogP contribution is -2.24. The van der Waals surface area contributed by atoms with Gasteiger partial charge in [0, 0.05) is 10.8 Å². The van der Waals surface area contributed by atoms with Gasteiger partial charge >= 0.3 is 5.97 Å². The summed E-state index contributed by atoms with van der Waals surface area (Å²) in [6.07, 6.45) is 1.18. The molecule has 124 valence electrons. The molecule has 0 aliphatic rings. The molecule has 0 radical (unpaired) electrons. The van der Waals surface area contributed by atoms with E-state index in [-0.39, 0.29) is 17.9 Å². The fourth-order valence-electron chi connectivity index (χ4n) is 2.01. The average molecular weight is 365 g/mol. The monoisotopic (exact) mass is 364 g/mol. The Balaban J connectivity index is 1.86. The zero-order valence-corrected chi connectivity index (χ0v) is 14.2. The molecule has 9 heteroatoms. The van der Waals surface area contributed by atoms with E-state index in [1.165, 1.54) is 18.0 Å². The van der Waals surface area contributed by atoms with Crippen LogP contribution in [0.5, 0.6) is 0 Å². The van der Waals surface area contributed by atoms with Crippen molar-refractivity contribution in [2.75, 3.05) is 6.61 Å². The molecular weight excluding hydrogens is 352 g/mol. The van der Waals surface area contributed by atoms with Gasteiger partial charge in [0.05, 0.1) is 12.8 Å². The van der Waals surface area contributed by atoms with Gasteiger partial charge in [0.1, 0.15) is 5.56 Å². The molecule has 0 saturated carbocycles. The largest absolute Gasteiger partial charge is 0.462 e. The van der Waals surface area contributed by atoms with Gasteiger partial charge in [0.15, 0.2) is 5.16 Å². The van der Waals surface area contributed by atoms with Gasteiger partial charge in [-0.05, 0) is 18.6 Å². The molecule has 2 heterocycles. The molecule has 1 N–H and O–H groups in total. The van der Waals surface area contributed by atoms with Crippen LogP contribution in [0.3, 0.4) is 0 Å². The van der Waals surface area contributed by atoms with E-state index in [0.717, 1.165) is 10.1 Å². The maximum atomic E-state index is 12.3. The van der Waals surface area contributed by atoms with Crippen LogP contribution in [-0.2, 0) is 10.5 Å². The van der Waals surface area contributed by atoms with E-state index in [0.29, 0.717) is 15.9 Å². The van der Waals surface area contributed by atoms with Crippen LogP contribution in [0.15, 0.2) is 40.4 Å². The second kappa shape index (κ2) is 7.06. The summed E-state index contributed by atoms with van der Waals surface area (Å²) < 4.78 is 5.96. The predicted octanol–water partition coefficient (Wildman–Crippen LogP) is 2.54. The van der Waals surface area contributed by atoms with E-state index in [9.17, 15) is 9.59 Å². The zero-order chi connectivity index (χ0) is 17.1. The lowest BCUT2D eigenvalue weighted by Gasteiger charge is -2.01. The molecular formula is C15H13ClN4O3S. The van der Waals surface area contributed by atoms with Crippen molar-refractivity contribution in [1.29, 1.82) is 0 Å². The Morgan fingerprint density at radius 3 is 2.96 bits per heavy atom. The smallest absolute Gasteiger partial charge is 0.345 e. The Kier molecular flexibility index (Phi) is 4.86. The van der Waals surface area contributed by atoms with Crippen molar-refractivity contribution >= 4 is 35.1 Å². The minimum Gasteiger partial charge on any atom is -0.462 e. The minimum absolute atomic E-state index is 0.138. The van der Waals surface area contributed by atoms with E-state index in [1.54, 1.807) is 6.92 Å². The number of aromatic nitrogens is 4. The van der Waals surface area contributed by atoms with Crippen molar-refractivity contribution in [3.05, 3.63) is 57.0 Å². The average Bonchev–Trinajstić information content (AvgIpc) is 2.99. The number of hydrogen-bond acceptors (Lipinski definition) is 6. The molecule has 0 amide bonds. The fourth-order valence-corrected chi connectivity index (χ4v) is 3.14. The van der Waals surface area contributed by atoms with Crippen LogP contribution >= 0.6 is 23.4 Å². The van der Waals surface area contributed by atoms with Crippen molar-refractivity contribution in [3.63, 3.8) is 0 Å². The van der Waals surface area contributed by atoms with Gasteiger partial charge in [-0.15, -0.1) is 0 Å². The van der Waals surface area contributed by atoms with E-state index < -0.39 is 11.5 Å². The molecule has 0 spiro atoms. The Hall–Kier alpha value is -2.32. The molecule has 0 aliphatic carbocycles. The Bertz CT molecular complexity index is 953. The highest BCUT2D eigenvalue weighted by Gasteiger charge is 2.16. The van der Waals surface area contributed by atoms with Crippen LogP contribution in [0, 0.1) is 0 Å². The van der Waals surface area contributed by atoms with Gasteiger partial charge in [-0.2, -0.15) is 9.50 Å². The van der Waals surface area contributed by atoms with E-state index in [1.807, 2.05) is 24.3 Å². The molecule has 7 nitrogen and oxygen atoms in total. The Labute approximate surface area is 146 Å². The Morgan fingerprint density at radius 2 is 2.21 bits per heavy atom. The SMILES string of the molecule is CCOC(=O)c1cnc2nc(SCc3ccccc3Cl)[nH]n2c1=O. The second-order valence-electron chi connectivity index (χ2n) is 4.74. The predicted molar refractivity (Wildman–Crippen MR) is 90.6 cm³/mol. The summed E-state index contributed by atoms with van der Waals surface area (Å²) >= 11 is 7.50. The number of fused-ring (bicyclic) bond motifs is 1. The number of nitrogens with zero attached hydrogens (tertiary/aromatic N) is 3. The standard InChI is InChI=1S/C15H13ClN4O3S/c1-2-23-13(22)10-7-17-14-18-15(19-20(14)12(10)21)24-8-9-5-3-4-6-11(9)16/h3-7H,2,8H2,1H3,(H,17,18,19). The molecule has 0 fully saturated rings. The highest BCUT2D eigenvalue weighted by molar-refractivity contribution is 7.98. The molecule has 0 unspecified atom stereocenters. The molecule has 3 rings (SSSR count). The number of carbonyl (C=O) groups is 1. The Morgan fingerprint density at radius 1 is 1.42 bits per heavy atom. The summed E-state index contributed by atoms with van der Waals surface area (Å²) in [7, 11) is 0. The van der Waals surface area contributed by atoms with E-state index >= 15 is 0 Å². The van der Waals surface area contributed by atoms with Gasteiger partial charge in [-0.3, -0.25) is 9.89 Å². The molecule has 0 saturated heterocycles. The number of ether oxygens (including phenoxy) is 1. The van der Waals surface area contributed by atoms with Crippen LogP contribution < -0.4 is 5.56 Å². The van der Waals surface area contributed by atoms with Crippen molar-refractivity contribution in [2.24, 2.45) is 0 Å². The number of hydrogen-bond donors (Lipinski definition) is 1. The number of nitrogens with one attached hydrogen (secondary N) is 1. The topological polar surface area (TPSA) is 89.3 Å². The van der Waals surface area contributed by atoms with E-state index in [4.69, 9.17) is 16.3 Å². The minimum atomic E-state index is -0.704. The number of esters is 1. The maximum absolute atomic E-state index is 12.3. The first-order valence-corrected chi connectivity index (χ1v) is 8.47. The van der Waals surface area contributed by atoms with Crippen molar-refractivity contribution in [3.8, 4) is 0 Å². The van der Waals surface area contributed by atoms with Crippen molar-refractivity contribution in [1.82, 2.24) is 19.6 Å². The molecule has 2 aromatic heterocycles. The molecule has 1 aromatic carbocycles. The van der Waals surface area contributed by atoms with Crippen LogP contribution in [0.1, 0.15) is 22.8 Å². The molecule has 24 heavy (non-hydrogen) atoms. The first-order valence-electron chi connectivity index (χ1n) is 7.11. The summed E-state index contributed by atoms with van der Waals surface area (Å²) in [5, 5.41) is 4.00. The van der Waals surface area contributed by atoms with Crippen LogP contribution in [0.25, 0.3) is 5.78 Å². The highest BCUT2D eigenvalue weighted by atomic mass is 35.5. The number of carbonyl (C=O) groups excluding carboxylic acids is 1. The highest BCUT2D eigenvalue weighted by Crippen LogP contribution is 2.24. The molecule has 0 bridgehead atoms. The first kappa shape index (κ1) is 16.5. The van der Waals surface area contributed by atoms with Crippen LogP contribution in [0.2, 0.25) is 5.02 Å². The summed E-state index contributed by atoms with van der Waals surface area (Å²) in [6, 6.07) is 7.49. The summed E-state index contributed by atoms with van der Waals surface area (Å²) in [6.45, 7) is 1.85. The lowest BCUT2D eigenvalue weighted by atomic mass is 10.2. The van der Waals surface area contributed by atoms with E-state index in [2.05, 4.69) is 15.1 Å². The summed E-state index contributed by atoms with van der Waals surface area (Å²) in [5.74, 6) is 0.0675. The van der Waals surface area contributed by atoms with Gasteiger partial charge in [0.25, 0.3) is 11.3 Å². The summed E-state index contributed by atoms with van der Waals surface area (Å²) in [4.78, 5) is 32.3. The van der Waals surface area contributed by atoms with Crippen LogP contribution in [-0.4, -0.2) is 32.2 Å². The van der Waals surface area contributed by atoms with Gasteiger partial charge in [-0.25, -0.2) is 9.78 Å². The molecule has 3 aromatic rings. The third-order valence-corrected chi connectivity index (χ3v) is 4.45. The first-order chi connectivity index (χ1) is 11.6. The lowest BCUT2D eigenvalue weighted by molar-refractivity contribution is 0.0523. The quantitative estimate of drug-likeness (QED) is 0.552. The number of thioether (sulfide) groups is 1. The van der Waals surface area contributed by atoms with Crippen LogP contribution in [0.4, 0.5) is 0 Å². The van der Waals surface area contributed by atoms with Crippen molar-refractivity contribution < 1.29 is 9.53 Å². The molecule has 0 aliphatic heterocycles. The zero-order valence-electron chi connectivity index (χ0n) is 12.7. The third-order valence-electron chi connectivity index (χ3n) is 3.17. The maximum Gasteiger partial charge on any atom is 0.345 e. The summed E-state index contributed by atoms with van der Waals surface area (Å²) in [5.41, 5.74) is 0.272.